The van der Waals surface area contributed by atoms with Crippen molar-refractivity contribution in [3.63, 3.8) is 0 Å². The topological polar surface area (TPSA) is 49.7 Å². The lowest BCUT2D eigenvalue weighted by molar-refractivity contribution is -0.0785. The monoisotopic (exact) mass is 444 g/mol. The summed E-state index contributed by atoms with van der Waals surface area (Å²) in [5.41, 5.74) is 1.61. The van der Waals surface area contributed by atoms with Crippen LogP contribution in [0.1, 0.15) is 36.8 Å². The van der Waals surface area contributed by atoms with Gasteiger partial charge >= 0.3 is 0 Å². The van der Waals surface area contributed by atoms with Crippen LogP contribution in [0.15, 0.2) is 18.2 Å². The number of phenolic OH excluding ortho intramolecular Hbond substituents is 1. The average Bonchev–Trinajstić information content (AvgIpc) is 2.78. The van der Waals surface area contributed by atoms with E-state index < -0.39 is 5.82 Å². The predicted molar refractivity (Wildman–Crippen MR) is 98.8 cm³/mol. The summed E-state index contributed by atoms with van der Waals surface area (Å²) in [7, 11) is 1.70. The number of methoxy groups -OCH3 is 1. The Kier molecular flexibility index (Phi) is 3.97. The Labute approximate surface area is 155 Å². The molecule has 24 heavy (non-hydrogen) atoms. The molecule has 2 saturated carbocycles. The van der Waals surface area contributed by atoms with E-state index in [1.165, 1.54) is 12.1 Å². The van der Waals surface area contributed by atoms with Crippen molar-refractivity contribution in [2.24, 2.45) is 17.3 Å². The highest BCUT2D eigenvalue weighted by molar-refractivity contribution is 14.1. The number of hydrogen-bond acceptors (Lipinski definition) is 3. The van der Waals surface area contributed by atoms with Crippen LogP contribution >= 0.6 is 22.6 Å². The Morgan fingerprint density at radius 1 is 1.38 bits per heavy atom. The lowest BCUT2D eigenvalue weighted by atomic mass is 9.56. The maximum Gasteiger partial charge on any atom is 0.165 e. The lowest BCUT2D eigenvalue weighted by Crippen LogP contribution is -2.49. The van der Waals surface area contributed by atoms with Crippen LogP contribution in [0.4, 0.5) is 4.39 Å². The molecule has 2 N–H and O–H groups in total. The number of aliphatic hydroxyl groups excluding tert-OH is 1. The van der Waals surface area contributed by atoms with Crippen LogP contribution in [-0.2, 0) is 4.74 Å². The van der Waals surface area contributed by atoms with Gasteiger partial charge < -0.3 is 14.9 Å². The third-order valence-electron chi connectivity index (χ3n) is 6.58. The Morgan fingerprint density at radius 2 is 2.12 bits per heavy atom. The highest BCUT2D eigenvalue weighted by atomic mass is 127. The molecule has 0 amide bonds. The van der Waals surface area contributed by atoms with Gasteiger partial charge in [0.2, 0.25) is 0 Å². The van der Waals surface area contributed by atoms with Crippen molar-refractivity contribution < 1.29 is 19.3 Å². The number of hydrogen-bond donors (Lipinski definition) is 2. The maximum absolute atomic E-state index is 14.0. The van der Waals surface area contributed by atoms with Crippen molar-refractivity contribution in [2.75, 3.05) is 7.11 Å². The first-order chi connectivity index (χ1) is 11.4. The summed E-state index contributed by atoms with van der Waals surface area (Å²) in [5, 5.41) is 20.4. The summed E-state index contributed by atoms with van der Waals surface area (Å²) >= 11 is 2.36. The summed E-state index contributed by atoms with van der Waals surface area (Å²) in [4.78, 5) is 0. The molecule has 7 atom stereocenters. The molecule has 0 spiro atoms. The number of rotatable bonds is 1. The number of benzene rings is 1. The van der Waals surface area contributed by atoms with E-state index in [1.54, 1.807) is 7.11 Å². The smallest absolute Gasteiger partial charge is 0.165 e. The molecule has 3 unspecified atom stereocenters. The van der Waals surface area contributed by atoms with Crippen LogP contribution in [0, 0.1) is 23.1 Å². The van der Waals surface area contributed by atoms with Gasteiger partial charge in [-0.25, -0.2) is 4.39 Å². The highest BCUT2D eigenvalue weighted by Crippen LogP contribution is 2.61. The molecule has 5 heteroatoms. The summed E-state index contributed by atoms with van der Waals surface area (Å²) < 4.78 is 20.1. The van der Waals surface area contributed by atoms with Crippen LogP contribution < -0.4 is 0 Å². The van der Waals surface area contributed by atoms with E-state index in [9.17, 15) is 14.6 Å². The van der Waals surface area contributed by atoms with E-state index in [0.29, 0.717) is 5.92 Å². The summed E-state index contributed by atoms with van der Waals surface area (Å²) in [6, 6.07) is 2.97. The first-order valence-corrected chi connectivity index (χ1v) is 9.67. The van der Waals surface area contributed by atoms with Crippen LogP contribution in [0.3, 0.4) is 0 Å². The van der Waals surface area contributed by atoms with Crippen molar-refractivity contribution >= 4 is 28.7 Å². The van der Waals surface area contributed by atoms with Crippen LogP contribution in [0.2, 0.25) is 0 Å². The Bertz CT molecular complexity index is 706. The second-order valence-corrected chi connectivity index (χ2v) is 9.28. The van der Waals surface area contributed by atoms with Crippen molar-refractivity contribution in [3.8, 4) is 5.75 Å². The summed E-state index contributed by atoms with van der Waals surface area (Å²) in [5.74, 6) is -0.247. The molecule has 0 radical (unpaired) electrons. The van der Waals surface area contributed by atoms with Crippen LogP contribution in [-0.4, -0.2) is 33.5 Å². The summed E-state index contributed by atoms with van der Waals surface area (Å²) in [6.45, 7) is 2.17. The van der Waals surface area contributed by atoms with E-state index in [2.05, 4.69) is 35.6 Å². The molecule has 0 bridgehead atoms. The molecule has 1 aromatic carbocycles. The number of fused-ring (bicyclic) bond motifs is 5. The first kappa shape index (κ1) is 16.8. The van der Waals surface area contributed by atoms with Gasteiger partial charge in [-0.05, 0) is 47.9 Å². The first-order valence-electron chi connectivity index (χ1n) is 8.42. The molecule has 0 aliphatic heterocycles. The van der Waals surface area contributed by atoms with Gasteiger partial charge in [0.15, 0.2) is 11.6 Å². The van der Waals surface area contributed by atoms with Crippen LogP contribution in [0.25, 0.3) is 6.08 Å². The van der Waals surface area contributed by atoms with Gasteiger partial charge in [0.25, 0.3) is 0 Å². The van der Waals surface area contributed by atoms with Gasteiger partial charge in [0.1, 0.15) is 0 Å². The molecule has 3 aliphatic carbocycles. The zero-order chi connectivity index (χ0) is 17.2. The van der Waals surface area contributed by atoms with Gasteiger partial charge in [-0.3, -0.25) is 0 Å². The minimum absolute atomic E-state index is 0.0667. The molecule has 3 nitrogen and oxygen atoms in total. The van der Waals surface area contributed by atoms with E-state index in [4.69, 9.17) is 4.74 Å². The zero-order valence-electron chi connectivity index (χ0n) is 13.7. The van der Waals surface area contributed by atoms with Crippen molar-refractivity contribution in [1.29, 1.82) is 0 Å². The van der Waals surface area contributed by atoms with E-state index in [-0.39, 0.29) is 39.1 Å². The number of ether oxygens (including phenoxy) is 1. The number of alkyl halides is 1. The highest BCUT2D eigenvalue weighted by Gasteiger charge is 2.59. The number of halogens is 2. The van der Waals surface area contributed by atoms with Crippen molar-refractivity contribution in [3.05, 3.63) is 35.2 Å². The van der Waals surface area contributed by atoms with Crippen molar-refractivity contribution in [1.82, 2.24) is 0 Å². The fraction of sp³-hybridized carbons (Fsp3) is 0.579. The molecular formula is C19H22FIO3. The largest absolute Gasteiger partial charge is 0.505 e. The second kappa shape index (κ2) is 5.68. The Balaban J connectivity index is 1.83. The summed E-state index contributed by atoms with van der Waals surface area (Å²) in [6.07, 6.45) is 5.50. The third-order valence-corrected chi connectivity index (χ3v) is 7.77. The van der Waals surface area contributed by atoms with E-state index in [0.717, 1.165) is 24.0 Å². The van der Waals surface area contributed by atoms with Gasteiger partial charge in [-0.1, -0.05) is 41.7 Å². The number of aromatic hydroxyl groups is 1. The average molecular weight is 444 g/mol. The standard InChI is InChI=1S/C19H22FIO3/c1-19-8-16(24-2)17-10(12(19)7-14(21)18(19)23)4-3-9-5-15(22)13(20)6-11(9)17/h3-6,10,12,14,16-18,22-23H,7-8H2,1-2H3/t10?,12?,14-,16+,17?,18+,19+/m1/s1. The quantitative estimate of drug-likeness (QED) is 0.511. The molecule has 1 aromatic rings. The van der Waals surface area contributed by atoms with Crippen molar-refractivity contribution in [2.45, 2.75) is 41.8 Å². The molecule has 0 saturated heterocycles. The van der Waals surface area contributed by atoms with Gasteiger partial charge in [-0.2, -0.15) is 0 Å². The molecule has 4 rings (SSSR count). The number of allylic oxidation sites excluding steroid dienone is 1. The Hall–Kier alpha value is -0.660. The van der Waals surface area contributed by atoms with Gasteiger partial charge in [-0.15, -0.1) is 0 Å². The normalized spacial score (nSPS) is 43.2. The number of phenols is 1. The third kappa shape index (κ3) is 2.20. The fourth-order valence-electron chi connectivity index (χ4n) is 5.33. The number of aliphatic hydroxyl groups is 1. The zero-order valence-corrected chi connectivity index (χ0v) is 15.9. The molecule has 0 aromatic heterocycles. The maximum atomic E-state index is 14.0. The lowest BCUT2D eigenvalue weighted by Gasteiger charge is -2.51. The Morgan fingerprint density at radius 3 is 2.83 bits per heavy atom. The SMILES string of the molecule is CO[C@H]1C[C@@]2(C)C(C[C@@H](I)[C@@H]2O)C2C=Cc3cc(O)c(F)cc3C21. The fourth-order valence-corrected chi connectivity index (χ4v) is 6.70. The second-order valence-electron chi connectivity index (χ2n) is 7.68. The molecule has 0 heterocycles. The molecule has 3 aliphatic rings. The minimum atomic E-state index is -0.579. The van der Waals surface area contributed by atoms with Crippen LogP contribution in [0.5, 0.6) is 5.75 Å². The van der Waals surface area contributed by atoms with Gasteiger partial charge in [0, 0.05) is 22.4 Å². The van der Waals surface area contributed by atoms with Gasteiger partial charge in [0.05, 0.1) is 12.2 Å². The minimum Gasteiger partial charge on any atom is -0.505 e. The van der Waals surface area contributed by atoms with E-state index in [1.807, 2.05) is 6.08 Å². The molecular weight excluding hydrogens is 422 g/mol. The molecule has 2 fully saturated rings. The predicted octanol–water partition coefficient (Wildman–Crippen LogP) is 3.87. The molecule has 130 valence electrons. The van der Waals surface area contributed by atoms with E-state index >= 15 is 0 Å².